The minimum atomic E-state index is -1.45. The van der Waals surface area contributed by atoms with Crippen LogP contribution < -0.4 is 5.32 Å². The molecule has 2 N–H and O–H groups in total. The zero-order valence-corrected chi connectivity index (χ0v) is 20.3. The fraction of sp³-hybridized carbons (Fsp3) is 0.296. The van der Waals surface area contributed by atoms with E-state index in [1.54, 1.807) is 24.5 Å². The molecule has 0 saturated heterocycles. The van der Waals surface area contributed by atoms with Crippen LogP contribution in [0.4, 0.5) is 5.69 Å². The molecule has 2 unspecified atom stereocenters. The Hall–Kier alpha value is -2.04. The first-order valence-electron chi connectivity index (χ1n) is 11.3. The van der Waals surface area contributed by atoms with Gasteiger partial charge in [0.15, 0.2) is 0 Å². The Balaban J connectivity index is 1.67. The monoisotopic (exact) mass is 498 g/mol. The molecule has 2 atom stereocenters. The number of anilines is 1. The van der Waals surface area contributed by atoms with E-state index in [1.165, 1.54) is 19.3 Å². The van der Waals surface area contributed by atoms with Crippen LogP contribution in [0.15, 0.2) is 72.6 Å². The molecular weight excluding hydrogens is 475 g/mol. The van der Waals surface area contributed by atoms with Crippen LogP contribution in [0.2, 0.25) is 5.02 Å². The molecule has 2 aliphatic rings. The minimum Gasteiger partial charge on any atom is -0.376 e. The molecule has 0 radical (unpaired) electrons. The topological polar surface area (TPSA) is 45.2 Å². The first kappa shape index (κ1) is 22.7. The standard InChI is InChI=1S/C27H25Cl3N2O/c28-21-10-4-8-18(14-21)27(33,20-9-5-13-31-16-20)19-11-12-23-22(15-19)25(29)24(26(30)32-23)17-6-2-1-3-7-17/h4-5,8-17,26,32-33H,1-3,6-7H2. The Morgan fingerprint density at radius 1 is 0.909 bits per heavy atom. The van der Waals surface area contributed by atoms with Gasteiger partial charge in [0, 0.05) is 34.2 Å². The number of rotatable bonds is 4. The third kappa shape index (κ3) is 4.17. The molecule has 2 aromatic carbocycles. The van der Waals surface area contributed by atoms with Crippen LogP contribution >= 0.6 is 34.8 Å². The van der Waals surface area contributed by atoms with Crippen LogP contribution in [0.1, 0.15) is 54.4 Å². The lowest BCUT2D eigenvalue weighted by Gasteiger charge is -2.35. The maximum atomic E-state index is 12.2. The van der Waals surface area contributed by atoms with Gasteiger partial charge in [0.1, 0.15) is 11.1 Å². The minimum absolute atomic E-state index is 0.330. The first-order chi connectivity index (χ1) is 16.0. The van der Waals surface area contributed by atoms with Crippen molar-refractivity contribution in [3.8, 4) is 0 Å². The van der Waals surface area contributed by atoms with Gasteiger partial charge < -0.3 is 10.4 Å². The number of fused-ring (bicyclic) bond motifs is 1. The maximum absolute atomic E-state index is 12.2. The largest absolute Gasteiger partial charge is 0.376 e. The lowest BCUT2D eigenvalue weighted by Crippen LogP contribution is -2.30. The SMILES string of the molecule is OC(c1cccnc1)(c1cccc(Cl)c1)c1ccc2c(c1)C(Cl)=C(C1CCCCC1)C(Cl)N2. The van der Waals surface area contributed by atoms with Crippen molar-refractivity contribution in [3.63, 3.8) is 0 Å². The summed E-state index contributed by atoms with van der Waals surface area (Å²) in [5.41, 5.74) is 3.01. The van der Waals surface area contributed by atoms with Crippen molar-refractivity contribution in [1.82, 2.24) is 4.98 Å². The van der Waals surface area contributed by atoms with Crippen molar-refractivity contribution in [1.29, 1.82) is 0 Å². The number of alkyl halides is 1. The summed E-state index contributed by atoms with van der Waals surface area (Å²) < 4.78 is 0. The summed E-state index contributed by atoms with van der Waals surface area (Å²) in [6.07, 6.45) is 9.24. The number of hydrogen-bond acceptors (Lipinski definition) is 3. The van der Waals surface area contributed by atoms with E-state index in [-0.39, 0.29) is 5.50 Å². The Kier molecular flexibility index (Phi) is 6.41. The van der Waals surface area contributed by atoms with Crippen molar-refractivity contribution < 1.29 is 5.11 Å². The number of halogens is 3. The first-order valence-corrected chi connectivity index (χ1v) is 12.5. The molecule has 1 aromatic heterocycles. The second-order valence-electron chi connectivity index (χ2n) is 8.83. The highest BCUT2D eigenvalue weighted by Gasteiger charge is 2.37. The average Bonchev–Trinajstić information content (AvgIpc) is 2.84. The second kappa shape index (κ2) is 9.31. The quantitative estimate of drug-likeness (QED) is 0.288. The van der Waals surface area contributed by atoms with Gasteiger partial charge in [0.05, 0.1) is 5.03 Å². The normalized spacial score (nSPS) is 20.7. The van der Waals surface area contributed by atoms with E-state index < -0.39 is 5.60 Å². The van der Waals surface area contributed by atoms with Crippen LogP contribution in [-0.4, -0.2) is 15.6 Å². The number of benzene rings is 2. The number of nitrogens with zero attached hydrogens (tertiary/aromatic N) is 1. The highest BCUT2D eigenvalue weighted by Crippen LogP contribution is 2.46. The highest BCUT2D eigenvalue weighted by atomic mass is 35.5. The van der Waals surface area contributed by atoms with Crippen LogP contribution in [0.25, 0.3) is 5.03 Å². The van der Waals surface area contributed by atoms with Gasteiger partial charge in [0.2, 0.25) is 0 Å². The van der Waals surface area contributed by atoms with Crippen LogP contribution in [0, 0.1) is 5.92 Å². The molecule has 33 heavy (non-hydrogen) atoms. The zero-order chi connectivity index (χ0) is 23.0. The van der Waals surface area contributed by atoms with Crippen LogP contribution in [0.5, 0.6) is 0 Å². The number of aromatic nitrogens is 1. The van der Waals surface area contributed by atoms with Crippen molar-refractivity contribution in [2.45, 2.75) is 43.2 Å². The Labute approximate surface area is 209 Å². The van der Waals surface area contributed by atoms with E-state index >= 15 is 0 Å². The molecule has 1 saturated carbocycles. The molecule has 1 aliphatic carbocycles. The molecular formula is C27H25Cl3N2O. The van der Waals surface area contributed by atoms with E-state index in [4.69, 9.17) is 34.8 Å². The predicted molar refractivity (Wildman–Crippen MR) is 137 cm³/mol. The molecule has 0 amide bonds. The summed E-state index contributed by atoms with van der Waals surface area (Å²) in [4.78, 5) is 4.25. The zero-order valence-electron chi connectivity index (χ0n) is 18.1. The van der Waals surface area contributed by atoms with Crippen LogP contribution in [0.3, 0.4) is 0 Å². The third-order valence-corrected chi connectivity index (χ3v) is 7.85. The average molecular weight is 500 g/mol. The number of aliphatic hydroxyl groups is 1. The molecule has 0 spiro atoms. The van der Waals surface area contributed by atoms with Gasteiger partial charge in [-0.3, -0.25) is 4.98 Å². The highest BCUT2D eigenvalue weighted by molar-refractivity contribution is 6.51. The van der Waals surface area contributed by atoms with Gasteiger partial charge in [-0.15, -0.1) is 0 Å². The molecule has 170 valence electrons. The predicted octanol–water partition coefficient (Wildman–Crippen LogP) is 7.54. The number of hydrogen-bond donors (Lipinski definition) is 2. The summed E-state index contributed by atoms with van der Waals surface area (Å²) in [6.45, 7) is 0. The van der Waals surface area contributed by atoms with Gasteiger partial charge in [-0.2, -0.15) is 0 Å². The second-order valence-corrected chi connectivity index (χ2v) is 10.1. The summed E-state index contributed by atoms with van der Waals surface area (Å²) in [7, 11) is 0. The number of pyridine rings is 1. The molecule has 5 rings (SSSR count). The van der Waals surface area contributed by atoms with Gasteiger partial charge >= 0.3 is 0 Å². The van der Waals surface area contributed by atoms with E-state index in [9.17, 15) is 5.11 Å². The lowest BCUT2D eigenvalue weighted by atomic mass is 9.79. The Bertz CT molecular complexity index is 1190. The summed E-state index contributed by atoms with van der Waals surface area (Å²) >= 11 is 20.1. The van der Waals surface area contributed by atoms with Gasteiger partial charge in [-0.25, -0.2) is 0 Å². The number of nitrogens with one attached hydrogen (secondary N) is 1. The molecule has 1 aliphatic heterocycles. The molecule has 3 nitrogen and oxygen atoms in total. The molecule has 3 aromatic rings. The molecule has 1 fully saturated rings. The van der Waals surface area contributed by atoms with E-state index in [0.717, 1.165) is 29.7 Å². The molecule has 0 bridgehead atoms. The third-order valence-electron chi connectivity index (χ3n) is 6.85. The lowest BCUT2D eigenvalue weighted by molar-refractivity contribution is 0.125. The van der Waals surface area contributed by atoms with Crippen molar-refractivity contribution in [2.24, 2.45) is 5.92 Å². The summed E-state index contributed by atoms with van der Waals surface area (Å²) in [6, 6.07) is 16.8. The smallest absolute Gasteiger partial charge is 0.142 e. The maximum Gasteiger partial charge on any atom is 0.142 e. The summed E-state index contributed by atoms with van der Waals surface area (Å²) in [5.74, 6) is 0.378. The summed E-state index contributed by atoms with van der Waals surface area (Å²) in [5, 5.41) is 16.9. The van der Waals surface area contributed by atoms with E-state index in [0.29, 0.717) is 32.7 Å². The fourth-order valence-electron chi connectivity index (χ4n) is 5.15. The van der Waals surface area contributed by atoms with Crippen molar-refractivity contribution >= 4 is 45.5 Å². The van der Waals surface area contributed by atoms with Crippen molar-refractivity contribution in [3.05, 3.63) is 99.8 Å². The van der Waals surface area contributed by atoms with Crippen molar-refractivity contribution in [2.75, 3.05) is 5.32 Å². The van der Waals surface area contributed by atoms with Gasteiger partial charge in [-0.1, -0.05) is 78.3 Å². The van der Waals surface area contributed by atoms with E-state index in [1.807, 2.05) is 42.5 Å². The van der Waals surface area contributed by atoms with E-state index in [2.05, 4.69) is 10.3 Å². The Morgan fingerprint density at radius 2 is 1.67 bits per heavy atom. The van der Waals surface area contributed by atoms with Gasteiger partial charge in [0.25, 0.3) is 0 Å². The molecule has 6 heteroatoms. The van der Waals surface area contributed by atoms with Crippen LogP contribution in [-0.2, 0) is 5.60 Å². The molecule has 2 heterocycles. The Morgan fingerprint density at radius 3 is 2.39 bits per heavy atom. The fourth-order valence-corrected chi connectivity index (χ4v) is 6.22. The van der Waals surface area contributed by atoms with Gasteiger partial charge in [-0.05, 0) is 65.8 Å².